The van der Waals surface area contributed by atoms with Crippen LogP contribution >= 0.6 is 11.3 Å². The third-order valence-electron chi connectivity index (χ3n) is 3.47. The molecule has 0 bridgehead atoms. The number of carbonyl (C=O) groups is 3. The van der Waals surface area contributed by atoms with Crippen molar-refractivity contribution in [3.05, 3.63) is 47.0 Å². The molecule has 116 valence electrons. The lowest BCUT2D eigenvalue weighted by Crippen LogP contribution is -2.52. The van der Waals surface area contributed by atoms with Crippen LogP contribution in [0.3, 0.4) is 0 Å². The van der Waals surface area contributed by atoms with E-state index >= 15 is 0 Å². The molecule has 6 nitrogen and oxygen atoms in total. The van der Waals surface area contributed by atoms with Gasteiger partial charge in [0.2, 0.25) is 0 Å². The molecule has 0 unspecified atom stereocenters. The Labute approximate surface area is 136 Å². The third kappa shape index (κ3) is 2.66. The molecule has 1 aromatic heterocycles. The Morgan fingerprint density at radius 1 is 1.00 bits per heavy atom. The van der Waals surface area contributed by atoms with Gasteiger partial charge in [0.1, 0.15) is 10.6 Å². The number of urea groups is 1. The van der Waals surface area contributed by atoms with Crippen molar-refractivity contribution >= 4 is 35.3 Å². The Morgan fingerprint density at radius 3 is 2.22 bits per heavy atom. The second-order valence-corrected chi connectivity index (χ2v) is 6.06. The maximum Gasteiger partial charge on any atom is 0.333 e. The third-order valence-corrected chi connectivity index (χ3v) is 4.47. The number of rotatable bonds is 2. The Hall–Kier alpha value is -2.80. The van der Waals surface area contributed by atoms with Crippen molar-refractivity contribution in [3.8, 4) is 10.6 Å². The van der Waals surface area contributed by atoms with E-state index in [0.717, 1.165) is 20.4 Å². The van der Waals surface area contributed by atoms with Crippen LogP contribution in [0.2, 0.25) is 0 Å². The van der Waals surface area contributed by atoms with Crippen molar-refractivity contribution in [2.45, 2.75) is 0 Å². The number of thiazole rings is 1. The van der Waals surface area contributed by atoms with Crippen molar-refractivity contribution in [2.75, 3.05) is 14.1 Å². The van der Waals surface area contributed by atoms with Crippen LogP contribution in [-0.4, -0.2) is 46.7 Å². The summed E-state index contributed by atoms with van der Waals surface area (Å²) in [6.45, 7) is 0. The summed E-state index contributed by atoms with van der Waals surface area (Å²) in [6, 6.07) is 8.99. The van der Waals surface area contributed by atoms with Crippen LogP contribution < -0.4 is 0 Å². The van der Waals surface area contributed by atoms with E-state index in [2.05, 4.69) is 4.98 Å². The van der Waals surface area contributed by atoms with E-state index in [-0.39, 0.29) is 5.57 Å². The summed E-state index contributed by atoms with van der Waals surface area (Å²) in [7, 11) is 2.70. The molecule has 3 rings (SSSR count). The van der Waals surface area contributed by atoms with Crippen LogP contribution in [0.25, 0.3) is 16.6 Å². The highest BCUT2D eigenvalue weighted by molar-refractivity contribution is 7.15. The van der Waals surface area contributed by atoms with Gasteiger partial charge in [0.25, 0.3) is 11.8 Å². The zero-order chi connectivity index (χ0) is 16.6. The standard InChI is InChI=1S/C16H13N3O3S/c1-18-14(20)12(15(21)19(2)16(18)22)8-11-9-17-13(23-11)10-6-4-3-5-7-10/h3-9H,1-2H3. The van der Waals surface area contributed by atoms with Gasteiger partial charge in [0.15, 0.2) is 0 Å². The predicted octanol–water partition coefficient (Wildman–Crippen LogP) is 2.24. The van der Waals surface area contributed by atoms with Crippen LogP contribution in [0.5, 0.6) is 0 Å². The monoisotopic (exact) mass is 327 g/mol. The van der Waals surface area contributed by atoms with Crippen LogP contribution in [-0.2, 0) is 9.59 Å². The summed E-state index contributed by atoms with van der Waals surface area (Å²) >= 11 is 1.37. The van der Waals surface area contributed by atoms with Crippen molar-refractivity contribution in [3.63, 3.8) is 0 Å². The number of imide groups is 2. The number of carbonyl (C=O) groups excluding carboxylic acids is 3. The highest BCUT2D eigenvalue weighted by atomic mass is 32.1. The molecule has 1 aromatic carbocycles. The number of nitrogens with zero attached hydrogens (tertiary/aromatic N) is 3. The van der Waals surface area contributed by atoms with Crippen molar-refractivity contribution in [1.82, 2.24) is 14.8 Å². The van der Waals surface area contributed by atoms with Gasteiger partial charge < -0.3 is 0 Å². The van der Waals surface area contributed by atoms with Crippen LogP contribution in [0.1, 0.15) is 4.88 Å². The Morgan fingerprint density at radius 2 is 1.61 bits per heavy atom. The second-order valence-electron chi connectivity index (χ2n) is 5.00. The van der Waals surface area contributed by atoms with Gasteiger partial charge in [-0.2, -0.15) is 0 Å². The number of barbiturate groups is 1. The van der Waals surface area contributed by atoms with E-state index in [1.165, 1.54) is 31.5 Å². The van der Waals surface area contributed by atoms with E-state index < -0.39 is 17.8 Å². The fourth-order valence-electron chi connectivity index (χ4n) is 2.18. The molecular weight excluding hydrogens is 314 g/mol. The molecule has 7 heteroatoms. The van der Waals surface area contributed by atoms with Crippen LogP contribution in [0.4, 0.5) is 4.79 Å². The summed E-state index contributed by atoms with van der Waals surface area (Å²) in [5.74, 6) is -1.21. The molecule has 0 N–H and O–H groups in total. The van der Waals surface area contributed by atoms with Gasteiger partial charge in [-0.05, 0) is 6.08 Å². The molecule has 0 spiro atoms. The summed E-state index contributed by atoms with van der Waals surface area (Å²) in [5.41, 5.74) is 0.922. The number of aromatic nitrogens is 1. The van der Waals surface area contributed by atoms with E-state index in [9.17, 15) is 14.4 Å². The van der Waals surface area contributed by atoms with E-state index in [4.69, 9.17) is 0 Å². The molecule has 2 heterocycles. The first-order valence-electron chi connectivity index (χ1n) is 6.82. The largest absolute Gasteiger partial charge is 0.333 e. The van der Waals surface area contributed by atoms with E-state index in [1.54, 1.807) is 6.20 Å². The summed E-state index contributed by atoms with van der Waals surface area (Å²) < 4.78 is 0. The number of hydrogen-bond acceptors (Lipinski definition) is 5. The van der Waals surface area contributed by atoms with Gasteiger partial charge >= 0.3 is 6.03 Å². The lowest BCUT2D eigenvalue weighted by molar-refractivity contribution is -0.134. The normalized spacial score (nSPS) is 15.4. The fourth-order valence-corrected chi connectivity index (χ4v) is 3.05. The van der Waals surface area contributed by atoms with Gasteiger partial charge in [0.05, 0.1) is 0 Å². The highest BCUT2D eigenvalue weighted by Crippen LogP contribution is 2.27. The molecule has 1 fully saturated rings. The first-order valence-corrected chi connectivity index (χ1v) is 7.63. The Balaban J connectivity index is 1.95. The minimum Gasteiger partial charge on any atom is -0.268 e. The van der Waals surface area contributed by atoms with Crippen molar-refractivity contribution < 1.29 is 14.4 Å². The second kappa shape index (κ2) is 5.77. The lowest BCUT2D eigenvalue weighted by atomic mass is 10.1. The molecule has 4 amide bonds. The smallest absolute Gasteiger partial charge is 0.268 e. The lowest BCUT2D eigenvalue weighted by Gasteiger charge is -2.28. The summed E-state index contributed by atoms with van der Waals surface area (Å²) in [6.07, 6.45) is 3.09. The minimum atomic E-state index is -0.633. The zero-order valence-electron chi connectivity index (χ0n) is 12.5. The molecule has 1 aliphatic rings. The Kier molecular flexibility index (Phi) is 3.79. The maximum absolute atomic E-state index is 12.1. The number of benzene rings is 1. The first-order chi connectivity index (χ1) is 11.0. The average molecular weight is 327 g/mol. The topological polar surface area (TPSA) is 70.6 Å². The summed E-state index contributed by atoms with van der Waals surface area (Å²) in [4.78, 5) is 42.8. The molecule has 0 radical (unpaired) electrons. The molecular formula is C16H13N3O3S. The van der Waals surface area contributed by atoms with Gasteiger partial charge in [0, 0.05) is 30.7 Å². The van der Waals surface area contributed by atoms with E-state index in [0.29, 0.717) is 4.88 Å². The molecule has 23 heavy (non-hydrogen) atoms. The SMILES string of the molecule is CN1C(=O)C(=Cc2cnc(-c3ccccc3)s2)C(=O)N(C)C1=O. The quantitative estimate of drug-likeness (QED) is 0.626. The van der Waals surface area contributed by atoms with Crippen LogP contribution in [0, 0.1) is 0 Å². The van der Waals surface area contributed by atoms with E-state index in [1.807, 2.05) is 30.3 Å². The number of amides is 4. The average Bonchev–Trinajstić information content (AvgIpc) is 3.05. The number of likely N-dealkylation sites (N-methyl/N-ethyl adjacent to an activating group) is 2. The molecule has 2 aromatic rings. The molecule has 0 atom stereocenters. The van der Waals surface area contributed by atoms with Gasteiger partial charge in [-0.15, -0.1) is 11.3 Å². The fraction of sp³-hybridized carbons (Fsp3) is 0.125. The minimum absolute atomic E-state index is 0.0436. The highest BCUT2D eigenvalue weighted by Gasteiger charge is 2.37. The van der Waals surface area contributed by atoms with Gasteiger partial charge in [-0.1, -0.05) is 30.3 Å². The van der Waals surface area contributed by atoms with Gasteiger partial charge in [-0.25, -0.2) is 9.78 Å². The number of hydrogen-bond donors (Lipinski definition) is 0. The van der Waals surface area contributed by atoms with Crippen LogP contribution in [0.15, 0.2) is 42.1 Å². The predicted molar refractivity (Wildman–Crippen MR) is 86.5 cm³/mol. The molecule has 1 aliphatic heterocycles. The zero-order valence-corrected chi connectivity index (χ0v) is 13.3. The summed E-state index contributed by atoms with van der Waals surface area (Å²) in [5, 5.41) is 0.797. The molecule has 0 saturated carbocycles. The van der Waals surface area contributed by atoms with Crippen molar-refractivity contribution in [2.24, 2.45) is 0 Å². The maximum atomic E-state index is 12.1. The Bertz CT molecular complexity index is 800. The first kappa shape index (κ1) is 15.1. The van der Waals surface area contributed by atoms with Crippen molar-refractivity contribution in [1.29, 1.82) is 0 Å². The molecule has 0 aliphatic carbocycles. The molecule has 1 saturated heterocycles. The van der Waals surface area contributed by atoms with Gasteiger partial charge in [-0.3, -0.25) is 19.4 Å².